The van der Waals surface area contributed by atoms with Crippen molar-refractivity contribution in [1.82, 2.24) is 4.90 Å². The van der Waals surface area contributed by atoms with Gasteiger partial charge in [-0.2, -0.15) is 0 Å². The number of carbonyl (C=O) groups excluding carboxylic acids is 1. The van der Waals surface area contributed by atoms with E-state index in [-0.39, 0.29) is 17.6 Å². The molecule has 0 saturated carbocycles. The zero-order valence-electron chi connectivity index (χ0n) is 22.0. The summed E-state index contributed by atoms with van der Waals surface area (Å²) < 4.78 is 11.8. The Balaban J connectivity index is 1.93. The maximum atomic E-state index is 12.8. The Morgan fingerprint density at radius 1 is 1.09 bits per heavy atom. The second-order valence-corrected chi connectivity index (χ2v) is 10.3. The van der Waals surface area contributed by atoms with Crippen LogP contribution in [0.4, 0.5) is 4.79 Å². The number of hydrogen-bond acceptors (Lipinski definition) is 4. The minimum absolute atomic E-state index is 0.0179. The predicted octanol–water partition coefficient (Wildman–Crippen LogP) is 7.17. The first-order valence-corrected chi connectivity index (χ1v) is 13.3. The van der Waals surface area contributed by atoms with Gasteiger partial charge in [0.2, 0.25) is 0 Å². The van der Waals surface area contributed by atoms with Crippen molar-refractivity contribution in [1.29, 1.82) is 0 Å². The number of ether oxygens (including phenoxy) is 2. The summed E-state index contributed by atoms with van der Waals surface area (Å²) in [4.78, 5) is 14.5. The molecule has 0 aromatic heterocycles. The topological polar surface area (TPSA) is 59.0 Å². The van der Waals surface area contributed by atoms with Crippen LogP contribution in [-0.2, 0) is 16.8 Å². The summed E-state index contributed by atoms with van der Waals surface area (Å²) in [6, 6.07) is 16.3. The summed E-state index contributed by atoms with van der Waals surface area (Å²) >= 11 is 0. The Labute approximate surface area is 211 Å². The number of amides is 1. The average molecular weight is 482 g/mol. The molecule has 35 heavy (non-hydrogen) atoms. The number of likely N-dealkylation sites (tertiary alicyclic amines) is 1. The highest BCUT2D eigenvalue weighted by molar-refractivity contribution is 5.69. The molecule has 2 atom stereocenters. The van der Waals surface area contributed by atoms with Crippen molar-refractivity contribution >= 4 is 6.09 Å². The van der Waals surface area contributed by atoms with E-state index in [1.807, 2.05) is 25.1 Å². The van der Waals surface area contributed by atoms with Crippen LogP contribution in [0.25, 0.3) is 0 Å². The van der Waals surface area contributed by atoms with Crippen LogP contribution in [0.3, 0.4) is 0 Å². The van der Waals surface area contributed by atoms with Crippen LogP contribution in [0.2, 0.25) is 0 Å². The highest BCUT2D eigenvalue weighted by Crippen LogP contribution is 2.40. The van der Waals surface area contributed by atoms with Gasteiger partial charge in [0.15, 0.2) is 0 Å². The number of benzene rings is 2. The Morgan fingerprint density at radius 2 is 1.86 bits per heavy atom. The molecule has 0 spiro atoms. The number of rotatable bonds is 11. The molecule has 1 aliphatic heterocycles. The molecular formula is C30H43NO4. The predicted molar refractivity (Wildman–Crippen MR) is 141 cm³/mol. The molecule has 0 unspecified atom stereocenters. The monoisotopic (exact) mass is 481 g/mol. The van der Waals surface area contributed by atoms with Crippen molar-refractivity contribution in [2.24, 2.45) is 0 Å². The summed E-state index contributed by atoms with van der Waals surface area (Å²) in [5.41, 5.74) is 3.27. The maximum Gasteiger partial charge on any atom is 0.410 e. The summed E-state index contributed by atoms with van der Waals surface area (Å²) in [7, 11) is 0. The first-order valence-electron chi connectivity index (χ1n) is 13.3. The van der Waals surface area contributed by atoms with E-state index in [0.29, 0.717) is 32.6 Å². The molecule has 192 valence electrons. The molecule has 5 nitrogen and oxygen atoms in total. The number of unbranched alkanes of at least 4 members (excludes halogenated alkanes) is 3. The van der Waals surface area contributed by atoms with Gasteiger partial charge in [0.25, 0.3) is 0 Å². The van der Waals surface area contributed by atoms with E-state index < -0.39 is 6.10 Å². The van der Waals surface area contributed by atoms with Gasteiger partial charge in [0, 0.05) is 12.1 Å². The van der Waals surface area contributed by atoms with Gasteiger partial charge in [-0.3, -0.25) is 0 Å². The molecule has 2 aromatic rings. The quantitative estimate of drug-likeness (QED) is 0.346. The lowest BCUT2D eigenvalue weighted by Gasteiger charge is -2.38. The van der Waals surface area contributed by atoms with E-state index >= 15 is 0 Å². The van der Waals surface area contributed by atoms with Gasteiger partial charge < -0.3 is 19.5 Å². The Kier molecular flexibility index (Phi) is 10.0. The molecule has 0 bridgehead atoms. The second kappa shape index (κ2) is 13.0. The summed E-state index contributed by atoms with van der Waals surface area (Å²) in [6.07, 6.45) is 6.31. The van der Waals surface area contributed by atoms with Crippen LogP contribution >= 0.6 is 0 Å². The molecule has 1 amide bonds. The zero-order valence-corrected chi connectivity index (χ0v) is 22.0. The standard InChI is InChI=1S/C30H43NO4/c1-5-7-8-12-18-30(3,4)24-15-16-26(28(20-24)35-22-23-13-10-9-11-14-23)27-21-25(32)17-19-31(27)29(33)34-6-2/h9-11,13-16,20,25,27,32H,5-8,12,17-19,21-22H2,1-4H3/t25-,27+/m1/s1. The number of nitrogens with zero attached hydrogens (tertiary/aromatic N) is 1. The van der Waals surface area contributed by atoms with Crippen molar-refractivity contribution < 1.29 is 19.4 Å². The smallest absolute Gasteiger partial charge is 0.410 e. The fourth-order valence-corrected chi connectivity index (χ4v) is 4.90. The molecule has 3 rings (SSSR count). The molecule has 0 radical (unpaired) electrons. The van der Waals surface area contributed by atoms with Gasteiger partial charge in [-0.1, -0.05) is 88.9 Å². The summed E-state index contributed by atoms with van der Waals surface area (Å²) in [5, 5.41) is 10.5. The third-order valence-electron chi connectivity index (χ3n) is 7.12. The molecule has 0 aliphatic carbocycles. The lowest BCUT2D eigenvalue weighted by Crippen LogP contribution is -2.43. The minimum atomic E-state index is -0.456. The van der Waals surface area contributed by atoms with Gasteiger partial charge in [-0.15, -0.1) is 0 Å². The summed E-state index contributed by atoms with van der Waals surface area (Å²) in [5.74, 6) is 0.779. The van der Waals surface area contributed by atoms with Crippen LogP contribution in [0.5, 0.6) is 5.75 Å². The number of carbonyl (C=O) groups is 1. The highest BCUT2D eigenvalue weighted by Gasteiger charge is 2.35. The molecule has 1 heterocycles. The van der Waals surface area contributed by atoms with Crippen LogP contribution < -0.4 is 4.74 Å². The van der Waals surface area contributed by atoms with E-state index in [1.54, 1.807) is 4.90 Å². The summed E-state index contributed by atoms with van der Waals surface area (Å²) in [6.45, 7) is 9.89. The molecular weight excluding hydrogens is 438 g/mol. The van der Waals surface area contributed by atoms with Crippen LogP contribution in [-0.4, -0.2) is 35.4 Å². The fourth-order valence-electron chi connectivity index (χ4n) is 4.90. The van der Waals surface area contributed by atoms with Crippen molar-refractivity contribution in [3.05, 3.63) is 65.2 Å². The Hall–Kier alpha value is -2.53. The van der Waals surface area contributed by atoms with Gasteiger partial charge in [-0.25, -0.2) is 4.79 Å². The van der Waals surface area contributed by atoms with Crippen molar-refractivity contribution in [3.63, 3.8) is 0 Å². The SMILES string of the molecule is CCCCCCC(C)(C)c1ccc([C@@H]2C[C@H](O)CCN2C(=O)OCC)c(OCc2ccccc2)c1. The molecule has 1 saturated heterocycles. The zero-order chi connectivity index (χ0) is 25.3. The number of aliphatic hydroxyl groups excluding tert-OH is 1. The normalized spacial score (nSPS) is 18.4. The van der Waals surface area contributed by atoms with Crippen molar-refractivity contribution in [2.45, 2.75) is 96.8 Å². The molecule has 1 fully saturated rings. The maximum absolute atomic E-state index is 12.8. The largest absolute Gasteiger partial charge is 0.489 e. The van der Waals surface area contributed by atoms with E-state index in [1.165, 1.54) is 31.2 Å². The van der Waals surface area contributed by atoms with E-state index in [4.69, 9.17) is 9.47 Å². The first-order chi connectivity index (χ1) is 16.9. The van der Waals surface area contributed by atoms with Gasteiger partial charge in [0.05, 0.1) is 18.8 Å². The van der Waals surface area contributed by atoms with Crippen molar-refractivity contribution in [2.75, 3.05) is 13.2 Å². The average Bonchev–Trinajstić information content (AvgIpc) is 2.86. The highest BCUT2D eigenvalue weighted by atomic mass is 16.6. The number of aliphatic hydroxyl groups is 1. The third-order valence-corrected chi connectivity index (χ3v) is 7.12. The fraction of sp³-hybridized carbons (Fsp3) is 0.567. The molecule has 1 N–H and O–H groups in total. The minimum Gasteiger partial charge on any atom is -0.489 e. The molecule has 5 heteroatoms. The van der Waals surface area contributed by atoms with Crippen LogP contribution in [0.1, 0.15) is 95.4 Å². The van der Waals surface area contributed by atoms with Gasteiger partial charge >= 0.3 is 6.09 Å². The van der Waals surface area contributed by atoms with Gasteiger partial charge in [-0.05, 0) is 48.8 Å². The first kappa shape index (κ1) is 27.1. The van der Waals surface area contributed by atoms with E-state index in [0.717, 1.165) is 23.3 Å². The molecule has 1 aliphatic rings. The molecule has 2 aromatic carbocycles. The van der Waals surface area contributed by atoms with E-state index in [9.17, 15) is 9.90 Å². The lowest BCUT2D eigenvalue weighted by atomic mass is 9.79. The Morgan fingerprint density at radius 3 is 2.57 bits per heavy atom. The number of piperidine rings is 1. The third kappa shape index (κ3) is 7.47. The number of hydrogen-bond donors (Lipinski definition) is 1. The second-order valence-electron chi connectivity index (χ2n) is 10.3. The van der Waals surface area contributed by atoms with Crippen molar-refractivity contribution in [3.8, 4) is 5.75 Å². The van der Waals surface area contributed by atoms with Crippen LogP contribution in [0, 0.1) is 0 Å². The van der Waals surface area contributed by atoms with E-state index in [2.05, 4.69) is 51.1 Å². The lowest BCUT2D eigenvalue weighted by molar-refractivity contribution is 0.0293. The Bertz CT molecular complexity index is 927. The van der Waals surface area contributed by atoms with Crippen LogP contribution in [0.15, 0.2) is 48.5 Å². The van der Waals surface area contributed by atoms with Gasteiger partial charge in [0.1, 0.15) is 12.4 Å².